The molecule has 12 heteroatoms. The quantitative estimate of drug-likeness (QED) is 0.293. The number of aromatic nitrogens is 6. The van der Waals surface area contributed by atoms with Crippen LogP contribution in [-0.2, 0) is 0 Å². The number of H-pyrrole nitrogens is 1. The van der Waals surface area contributed by atoms with Gasteiger partial charge in [-0.1, -0.05) is 13.8 Å². The molecule has 4 N–H and O–H groups in total. The van der Waals surface area contributed by atoms with Crippen LogP contribution < -0.4 is 10.6 Å². The fraction of sp³-hybridized carbons (Fsp3) is 0.333. The highest BCUT2D eigenvalue weighted by Crippen LogP contribution is 2.25. The van der Waals surface area contributed by atoms with Gasteiger partial charge in [-0.05, 0) is 25.8 Å². The van der Waals surface area contributed by atoms with Crippen LogP contribution >= 0.6 is 0 Å². The van der Waals surface area contributed by atoms with E-state index in [0.717, 1.165) is 5.69 Å². The Labute approximate surface area is 206 Å². The summed E-state index contributed by atoms with van der Waals surface area (Å²) >= 11 is 0. The Kier molecular flexibility index (Phi) is 6.67. The molecule has 4 rings (SSSR count). The molecule has 36 heavy (non-hydrogen) atoms. The monoisotopic (exact) mass is 491 g/mol. The minimum atomic E-state index is -1.66. The van der Waals surface area contributed by atoms with Crippen LogP contribution in [0.2, 0.25) is 0 Å². The first kappa shape index (κ1) is 24.7. The number of amides is 1. The van der Waals surface area contributed by atoms with Gasteiger partial charge < -0.3 is 15.7 Å². The standard InChI is InChI=1S/C24H26FN9O2/c1-13(2)17-6-20(33-32-17)31-18-7-21(34-22-15(10-30-34)5-14(8-26)9-28-22)27-11-16(18)23(35)29-12-19(25)24(3,4)36/h5-7,9-11,13,19,36H,12H2,1-4H3,(H,29,35)(H2,27,31,32,33)/t19-/m1/s1. The van der Waals surface area contributed by atoms with Gasteiger partial charge in [-0.3, -0.25) is 9.89 Å². The summed E-state index contributed by atoms with van der Waals surface area (Å²) in [6.07, 6.45) is 2.69. The highest BCUT2D eigenvalue weighted by atomic mass is 19.1. The molecule has 0 aliphatic carbocycles. The number of carbonyl (C=O) groups excluding carboxylic acids is 1. The Balaban J connectivity index is 1.70. The molecule has 4 aromatic rings. The van der Waals surface area contributed by atoms with Crippen molar-refractivity contribution in [1.82, 2.24) is 35.3 Å². The van der Waals surface area contributed by atoms with E-state index in [9.17, 15) is 14.3 Å². The van der Waals surface area contributed by atoms with E-state index in [1.54, 1.807) is 18.3 Å². The molecule has 1 atom stereocenters. The number of anilines is 2. The number of pyridine rings is 2. The molecule has 0 aromatic carbocycles. The fourth-order valence-corrected chi connectivity index (χ4v) is 3.36. The summed E-state index contributed by atoms with van der Waals surface area (Å²) in [7, 11) is 0. The molecule has 4 aromatic heterocycles. The van der Waals surface area contributed by atoms with Gasteiger partial charge in [0.15, 0.2) is 17.3 Å². The number of hydrogen-bond acceptors (Lipinski definition) is 8. The fourth-order valence-electron chi connectivity index (χ4n) is 3.36. The Morgan fingerprint density at radius 3 is 2.69 bits per heavy atom. The summed E-state index contributed by atoms with van der Waals surface area (Å²) in [5, 5.41) is 36.8. The zero-order valence-electron chi connectivity index (χ0n) is 20.2. The second-order valence-electron chi connectivity index (χ2n) is 9.21. The molecule has 0 fully saturated rings. The summed E-state index contributed by atoms with van der Waals surface area (Å²) < 4.78 is 15.7. The highest BCUT2D eigenvalue weighted by molar-refractivity contribution is 6.00. The topological polar surface area (TPSA) is 157 Å². The molecular weight excluding hydrogens is 465 g/mol. The van der Waals surface area contributed by atoms with E-state index in [4.69, 9.17) is 5.26 Å². The van der Waals surface area contributed by atoms with Crippen LogP contribution in [0.3, 0.4) is 0 Å². The van der Waals surface area contributed by atoms with Gasteiger partial charge in [-0.25, -0.2) is 14.4 Å². The van der Waals surface area contributed by atoms with E-state index in [2.05, 4.69) is 35.9 Å². The van der Waals surface area contributed by atoms with Gasteiger partial charge in [0.2, 0.25) is 0 Å². The Morgan fingerprint density at radius 2 is 2.03 bits per heavy atom. The second kappa shape index (κ2) is 9.71. The first-order valence-electron chi connectivity index (χ1n) is 11.3. The van der Waals surface area contributed by atoms with E-state index in [1.807, 2.05) is 26.0 Å². The average molecular weight is 492 g/mol. The lowest BCUT2D eigenvalue weighted by atomic mass is 10.0. The predicted molar refractivity (Wildman–Crippen MR) is 131 cm³/mol. The number of halogens is 1. The summed E-state index contributed by atoms with van der Waals surface area (Å²) in [5.74, 6) is 0.477. The van der Waals surface area contributed by atoms with Crippen LogP contribution in [0.5, 0.6) is 0 Å². The van der Waals surface area contributed by atoms with Crippen molar-refractivity contribution in [2.45, 2.75) is 45.4 Å². The summed E-state index contributed by atoms with van der Waals surface area (Å²) in [6, 6.07) is 7.14. The van der Waals surface area contributed by atoms with Gasteiger partial charge in [-0.2, -0.15) is 20.1 Å². The van der Waals surface area contributed by atoms with Crippen LogP contribution in [0.1, 0.15) is 55.2 Å². The first-order valence-corrected chi connectivity index (χ1v) is 11.3. The van der Waals surface area contributed by atoms with E-state index < -0.39 is 17.7 Å². The molecule has 0 saturated carbocycles. The van der Waals surface area contributed by atoms with Crippen LogP contribution in [0.25, 0.3) is 16.9 Å². The van der Waals surface area contributed by atoms with Crippen molar-refractivity contribution in [3.8, 4) is 11.9 Å². The number of hydrogen-bond donors (Lipinski definition) is 4. The Bertz CT molecular complexity index is 1450. The van der Waals surface area contributed by atoms with Crippen LogP contribution in [0, 0.1) is 11.3 Å². The predicted octanol–water partition coefficient (Wildman–Crippen LogP) is 3.12. The molecule has 1 amide bonds. The van der Waals surface area contributed by atoms with Crippen LogP contribution in [-0.4, -0.2) is 59.3 Å². The first-order chi connectivity index (χ1) is 17.1. The summed E-state index contributed by atoms with van der Waals surface area (Å²) in [6.45, 7) is 6.32. The Morgan fingerprint density at radius 1 is 1.25 bits per heavy atom. The lowest BCUT2D eigenvalue weighted by Crippen LogP contribution is -2.42. The van der Waals surface area contributed by atoms with E-state index in [-0.39, 0.29) is 18.0 Å². The SMILES string of the molecule is CC(C)c1cc(Nc2cc(-n3ncc4cc(C#N)cnc43)ncc2C(=O)NC[C@@H](F)C(C)(C)O)n[nH]1. The van der Waals surface area contributed by atoms with E-state index in [1.165, 1.54) is 30.9 Å². The zero-order valence-corrected chi connectivity index (χ0v) is 20.2. The maximum atomic E-state index is 14.2. The molecule has 11 nitrogen and oxygen atoms in total. The maximum Gasteiger partial charge on any atom is 0.255 e. The molecule has 0 aliphatic heterocycles. The average Bonchev–Trinajstić information content (AvgIpc) is 3.48. The zero-order chi connectivity index (χ0) is 26.0. The van der Waals surface area contributed by atoms with Gasteiger partial charge in [0, 0.05) is 35.6 Å². The van der Waals surface area contributed by atoms with Crippen molar-refractivity contribution >= 4 is 28.4 Å². The molecule has 0 radical (unpaired) electrons. The van der Waals surface area contributed by atoms with Crippen LogP contribution in [0.15, 0.2) is 36.8 Å². The number of nitriles is 1. The number of alkyl halides is 1. The number of nitrogens with one attached hydrogen (secondary N) is 3. The Hall–Kier alpha value is -4.37. The van der Waals surface area contributed by atoms with E-state index in [0.29, 0.717) is 33.9 Å². The lowest BCUT2D eigenvalue weighted by molar-refractivity contribution is -0.00177. The minimum absolute atomic E-state index is 0.145. The number of nitrogens with zero attached hydrogens (tertiary/aromatic N) is 6. The highest BCUT2D eigenvalue weighted by Gasteiger charge is 2.27. The molecule has 186 valence electrons. The summed E-state index contributed by atoms with van der Waals surface area (Å²) in [4.78, 5) is 21.6. The smallest absolute Gasteiger partial charge is 0.255 e. The number of fused-ring (bicyclic) bond motifs is 1. The van der Waals surface area contributed by atoms with Crippen LogP contribution in [0.4, 0.5) is 15.9 Å². The van der Waals surface area contributed by atoms with Crippen molar-refractivity contribution in [1.29, 1.82) is 5.26 Å². The summed E-state index contributed by atoms with van der Waals surface area (Å²) in [5.41, 5.74) is 0.692. The molecule has 0 unspecified atom stereocenters. The maximum absolute atomic E-state index is 14.2. The normalized spacial score (nSPS) is 12.5. The number of rotatable bonds is 8. The van der Waals surface area contributed by atoms with Crippen molar-refractivity contribution in [3.05, 3.63) is 53.6 Å². The second-order valence-corrected chi connectivity index (χ2v) is 9.21. The van der Waals surface area contributed by atoms with Gasteiger partial charge in [0.05, 0.1) is 35.2 Å². The van der Waals surface area contributed by atoms with Gasteiger partial charge in [0.1, 0.15) is 12.2 Å². The van der Waals surface area contributed by atoms with Gasteiger partial charge in [-0.15, -0.1) is 0 Å². The van der Waals surface area contributed by atoms with Crippen molar-refractivity contribution in [2.24, 2.45) is 0 Å². The molecule has 0 aliphatic rings. The van der Waals surface area contributed by atoms with Crippen molar-refractivity contribution in [3.63, 3.8) is 0 Å². The lowest BCUT2D eigenvalue weighted by Gasteiger charge is -2.22. The minimum Gasteiger partial charge on any atom is -0.387 e. The van der Waals surface area contributed by atoms with Crippen molar-refractivity contribution in [2.75, 3.05) is 11.9 Å². The number of carbonyl (C=O) groups is 1. The van der Waals surface area contributed by atoms with E-state index >= 15 is 0 Å². The number of aromatic amines is 1. The molecular formula is C24H26FN9O2. The molecule has 0 spiro atoms. The third-order valence-corrected chi connectivity index (χ3v) is 5.58. The van der Waals surface area contributed by atoms with Gasteiger partial charge in [0.25, 0.3) is 5.91 Å². The van der Waals surface area contributed by atoms with Gasteiger partial charge >= 0.3 is 0 Å². The van der Waals surface area contributed by atoms with Crippen molar-refractivity contribution < 1.29 is 14.3 Å². The third-order valence-electron chi connectivity index (χ3n) is 5.58. The number of aliphatic hydroxyl groups is 1. The molecule has 0 bridgehead atoms. The third kappa shape index (κ3) is 5.16. The molecule has 0 saturated heterocycles. The molecule has 4 heterocycles. The largest absolute Gasteiger partial charge is 0.387 e.